The van der Waals surface area contributed by atoms with Gasteiger partial charge in [-0.3, -0.25) is 9.59 Å². The van der Waals surface area contributed by atoms with Gasteiger partial charge >= 0.3 is 11.9 Å². The Labute approximate surface area is 159 Å². The lowest BCUT2D eigenvalue weighted by Gasteiger charge is -2.32. The Bertz CT molecular complexity index is 485. The molecule has 0 aromatic heterocycles. The van der Waals surface area contributed by atoms with Crippen LogP contribution in [-0.2, 0) is 28.5 Å². The van der Waals surface area contributed by atoms with Crippen molar-refractivity contribution in [2.24, 2.45) is 23.7 Å². The normalized spacial score (nSPS) is 35.7. The van der Waals surface area contributed by atoms with Crippen LogP contribution in [0.25, 0.3) is 0 Å². The molecule has 2 heterocycles. The number of thioether (sulfide) groups is 1. The van der Waals surface area contributed by atoms with E-state index in [2.05, 4.69) is 6.92 Å². The minimum atomic E-state index is -0.103. The van der Waals surface area contributed by atoms with Crippen molar-refractivity contribution in [3.05, 3.63) is 0 Å². The molecule has 0 amide bonds. The predicted octanol–water partition coefficient (Wildman–Crippen LogP) is 2.99. The summed E-state index contributed by atoms with van der Waals surface area (Å²) in [4.78, 5) is 24.1. The number of rotatable bonds is 6. The molecule has 2 aliphatic heterocycles. The maximum absolute atomic E-state index is 12.1. The Morgan fingerprint density at radius 2 is 1.81 bits per heavy atom. The van der Waals surface area contributed by atoms with Crippen molar-refractivity contribution in [1.82, 2.24) is 0 Å². The Balaban J connectivity index is 1.40. The van der Waals surface area contributed by atoms with Gasteiger partial charge in [0.15, 0.2) is 13.6 Å². The van der Waals surface area contributed by atoms with Crippen LogP contribution in [0.15, 0.2) is 0 Å². The Kier molecular flexibility index (Phi) is 7.64. The second kappa shape index (κ2) is 9.95. The third-order valence-electron chi connectivity index (χ3n) is 5.88. The van der Waals surface area contributed by atoms with Crippen molar-refractivity contribution in [1.29, 1.82) is 0 Å². The van der Waals surface area contributed by atoms with E-state index < -0.39 is 0 Å². The maximum Gasteiger partial charge on any atom is 0.311 e. The Morgan fingerprint density at radius 1 is 1.04 bits per heavy atom. The van der Waals surface area contributed by atoms with Crippen molar-refractivity contribution >= 4 is 23.7 Å². The Morgan fingerprint density at radius 3 is 2.62 bits per heavy atom. The van der Waals surface area contributed by atoms with Gasteiger partial charge in [0.2, 0.25) is 0 Å². The van der Waals surface area contributed by atoms with Crippen LogP contribution in [0.2, 0.25) is 0 Å². The standard InChI is InChI=1S/C19H30O6S/c1-2-13-9-22-11-24-18(20)16(13)4-3-7-26-15-5-6-17-14(8-15)10-23-12-25-19(17)21/h13-17H,2-12H2,1H3. The van der Waals surface area contributed by atoms with Crippen LogP contribution in [-0.4, -0.2) is 49.7 Å². The first-order valence-corrected chi connectivity index (χ1v) is 10.8. The van der Waals surface area contributed by atoms with Gasteiger partial charge in [-0.05, 0) is 49.7 Å². The van der Waals surface area contributed by atoms with Crippen LogP contribution < -0.4 is 0 Å². The fourth-order valence-electron chi connectivity index (χ4n) is 4.30. The molecule has 148 valence electrons. The molecule has 3 rings (SSSR count). The topological polar surface area (TPSA) is 71.1 Å². The van der Waals surface area contributed by atoms with Crippen LogP contribution in [0.4, 0.5) is 0 Å². The summed E-state index contributed by atoms with van der Waals surface area (Å²) in [5.41, 5.74) is 0. The van der Waals surface area contributed by atoms with Crippen molar-refractivity contribution in [2.75, 3.05) is 32.6 Å². The van der Waals surface area contributed by atoms with Crippen molar-refractivity contribution in [3.8, 4) is 0 Å². The molecule has 26 heavy (non-hydrogen) atoms. The predicted molar refractivity (Wildman–Crippen MR) is 97.4 cm³/mol. The van der Waals surface area contributed by atoms with E-state index in [1.165, 1.54) is 0 Å². The molecule has 0 aromatic rings. The molecule has 3 fully saturated rings. The second-order valence-electron chi connectivity index (χ2n) is 7.49. The van der Waals surface area contributed by atoms with Crippen molar-refractivity contribution in [2.45, 2.75) is 50.7 Å². The zero-order valence-electron chi connectivity index (χ0n) is 15.5. The van der Waals surface area contributed by atoms with Crippen molar-refractivity contribution < 1.29 is 28.5 Å². The lowest BCUT2D eigenvalue weighted by molar-refractivity contribution is -0.156. The first kappa shape index (κ1) is 20.0. The molecular weight excluding hydrogens is 356 g/mol. The van der Waals surface area contributed by atoms with Crippen LogP contribution in [0.5, 0.6) is 0 Å². The molecule has 5 unspecified atom stereocenters. The third kappa shape index (κ3) is 5.14. The molecule has 0 spiro atoms. The average Bonchev–Trinajstić information content (AvgIpc) is 2.94. The van der Waals surface area contributed by atoms with E-state index in [9.17, 15) is 9.59 Å². The molecule has 0 aromatic carbocycles. The molecule has 6 nitrogen and oxygen atoms in total. The Hall–Kier alpha value is -0.790. The number of hydrogen-bond donors (Lipinski definition) is 0. The number of cyclic esters (lactones) is 2. The molecule has 1 aliphatic carbocycles. The molecule has 5 atom stereocenters. The average molecular weight is 387 g/mol. The number of fused-ring (bicyclic) bond motifs is 1. The molecular formula is C19H30O6S. The summed E-state index contributed by atoms with van der Waals surface area (Å²) in [6, 6.07) is 0. The van der Waals surface area contributed by atoms with Gasteiger partial charge in [-0.2, -0.15) is 11.8 Å². The number of hydrogen-bond acceptors (Lipinski definition) is 7. The summed E-state index contributed by atoms with van der Waals surface area (Å²) in [6.45, 7) is 3.53. The zero-order chi connectivity index (χ0) is 18.4. The van der Waals surface area contributed by atoms with Crippen LogP contribution in [0.3, 0.4) is 0 Å². The molecule has 7 heteroatoms. The van der Waals surface area contributed by atoms with E-state index in [1.807, 2.05) is 11.8 Å². The highest BCUT2D eigenvalue weighted by Gasteiger charge is 2.38. The van der Waals surface area contributed by atoms with E-state index >= 15 is 0 Å². The number of ether oxygens (including phenoxy) is 4. The molecule has 1 saturated carbocycles. The van der Waals surface area contributed by atoms with Crippen LogP contribution in [0, 0.1) is 23.7 Å². The van der Waals surface area contributed by atoms with E-state index in [0.29, 0.717) is 18.5 Å². The zero-order valence-corrected chi connectivity index (χ0v) is 16.3. The van der Waals surface area contributed by atoms with Gasteiger partial charge in [-0.1, -0.05) is 13.3 Å². The van der Waals surface area contributed by atoms with Gasteiger partial charge in [0.25, 0.3) is 0 Å². The molecule has 3 aliphatic rings. The second-order valence-corrected chi connectivity index (χ2v) is 8.90. The number of esters is 2. The van der Waals surface area contributed by atoms with E-state index in [0.717, 1.165) is 44.3 Å². The van der Waals surface area contributed by atoms with Gasteiger partial charge in [-0.25, -0.2) is 0 Å². The van der Waals surface area contributed by atoms with E-state index in [-0.39, 0.29) is 49.2 Å². The summed E-state index contributed by atoms with van der Waals surface area (Å²) in [5, 5.41) is 0.567. The minimum Gasteiger partial charge on any atom is -0.438 e. The first-order chi connectivity index (χ1) is 12.7. The number of carbonyl (C=O) groups excluding carboxylic acids is 2. The van der Waals surface area contributed by atoms with Gasteiger partial charge in [0.1, 0.15) is 0 Å². The smallest absolute Gasteiger partial charge is 0.311 e. The fourth-order valence-corrected chi connectivity index (χ4v) is 5.65. The van der Waals surface area contributed by atoms with Gasteiger partial charge in [-0.15, -0.1) is 0 Å². The molecule has 0 N–H and O–H groups in total. The maximum atomic E-state index is 12.1. The third-order valence-corrected chi connectivity index (χ3v) is 7.30. The lowest BCUT2D eigenvalue weighted by Crippen LogP contribution is -2.33. The van der Waals surface area contributed by atoms with Crippen LogP contribution in [0.1, 0.15) is 45.4 Å². The summed E-state index contributed by atoms with van der Waals surface area (Å²) in [7, 11) is 0. The van der Waals surface area contributed by atoms with E-state index in [1.54, 1.807) is 0 Å². The number of carbonyl (C=O) groups is 2. The lowest BCUT2D eigenvalue weighted by atomic mass is 9.79. The SMILES string of the molecule is CCC1COCOC(=O)C1CCCSC1CCC2C(=O)OCOCC2C1. The van der Waals surface area contributed by atoms with Crippen molar-refractivity contribution in [3.63, 3.8) is 0 Å². The summed E-state index contributed by atoms with van der Waals surface area (Å²) in [6.07, 6.45) is 5.77. The van der Waals surface area contributed by atoms with Crippen LogP contribution >= 0.6 is 11.8 Å². The molecule has 0 radical (unpaired) electrons. The summed E-state index contributed by atoms with van der Waals surface area (Å²) < 4.78 is 21.0. The van der Waals surface area contributed by atoms with Gasteiger partial charge in [0, 0.05) is 5.25 Å². The minimum absolute atomic E-state index is 0.0143. The quantitative estimate of drug-likeness (QED) is 0.513. The van der Waals surface area contributed by atoms with Gasteiger partial charge < -0.3 is 18.9 Å². The summed E-state index contributed by atoms with van der Waals surface area (Å²) >= 11 is 1.97. The highest BCUT2D eigenvalue weighted by molar-refractivity contribution is 7.99. The van der Waals surface area contributed by atoms with E-state index in [4.69, 9.17) is 18.9 Å². The summed E-state index contributed by atoms with van der Waals surface area (Å²) in [5.74, 6) is 1.37. The largest absolute Gasteiger partial charge is 0.438 e. The fraction of sp³-hybridized carbons (Fsp3) is 0.895. The molecule has 2 saturated heterocycles. The highest BCUT2D eigenvalue weighted by atomic mass is 32.2. The van der Waals surface area contributed by atoms with Gasteiger partial charge in [0.05, 0.1) is 25.0 Å². The monoisotopic (exact) mass is 386 g/mol. The highest BCUT2D eigenvalue weighted by Crippen LogP contribution is 2.38. The first-order valence-electron chi connectivity index (χ1n) is 9.79. The molecule has 0 bridgehead atoms.